The van der Waals surface area contributed by atoms with Gasteiger partial charge in [-0.3, -0.25) is 4.79 Å². The zero-order valence-electron chi connectivity index (χ0n) is 14.4. The number of nitrogens with two attached hydrogens (primary N) is 1. The number of carbonyl (C=O) groups is 1. The first-order valence-corrected chi connectivity index (χ1v) is 8.56. The maximum Gasteiger partial charge on any atom is 0.224 e. The SMILES string of the molecule is Cc1ccc2c(CC(=O)NC3CCCCC3CN)coc2c1C.Cl. The van der Waals surface area contributed by atoms with Gasteiger partial charge in [-0.05, 0) is 50.3 Å². The van der Waals surface area contributed by atoms with Crippen LogP contribution in [0.25, 0.3) is 11.0 Å². The molecule has 3 rings (SSSR count). The highest BCUT2D eigenvalue weighted by molar-refractivity contribution is 5.89. The Kier molecular flexibility index (Phi) is 6.30. The van der Waals surface area contributed by atoms with Crippen molar-refractivity contribution in [2.75, 3.05) is 6.54 Å². The molecule has 1 saturated carbocycles. The van der Waals surface area contributed by atoms with Crippen molar-refractivity contribution in [2.45, 2.75) is 52.0 Å². The summed E-state index contributed by atoms with van der Waals surface area (Å²) in [6, 6.07) is 4.36. The van der Waals surface area contributed by atoms with Gasteiger partial charge in [0.05, 0.1) is 12.7 Å². The lowest BCUT2D eigenvalue weighted by molar-refractivity contribution is -0.121. The zero-order valence-corrected chi connectivity index (χ0v) is 15.2. The molecule has 2 aromatic rings. The van der Waals surface area contributed by atoms with E-state index in [9.17, 15) is 4.79 Å². The van der Waals surface area contributed by atoms with Crippen LogP contribution in [0.2, 0.25) is 0 Å². The molecule has 2 unspecified atom stereocenters. The van der Waals surface area contributed by atoms with E-state index in [4.69, 9.17) is 10.2 Å². The van der Waals surface area contributed by atoms with Crippen LogP contribution in [-0.4, -0.2) is 18.5 Å². The number of aryl methyl sites for hydroxylation is 2. The Balaban J connectivity index is 0.00000208. The van der Waals surface area contributed by atoms with Crippen LogP contribution >= 0.6 is 12.4 Å². The summed E-state index contributed by atoms with van der Waals surface area (Å²) in [5, 5.41) is 4.23. The average Bonchev–Trinajstić information content (AvgIpc) is 2.95. The second-order valence-electron chi connectivity index (χ2n) is 6.78. The number of fused-ring (bicyclic) bond motifs is 1. The molecule has 24 heavy (non-hydrogen) atoms. The minimum absolute atomic E-state index is 0. The number of halogens is 1. The molecule has 4 nitrogen and oxygen atoms in total. The Hall–Kier alpha value is -1.52. The number of nitrogens with one attached hydrogen (secondary N) is 1. The Morgan fingerprint density at radius 2 is 2.04 bits per heavy atom. The quantitative estimate of drug-likeness (QED) is 0.884. The van der Waals surface area contributed by atoms with Crippen molar-refractivity contribution < 1.29 is 9.21 Å². The van der Waals surface area contributed by atoms with Gasteiger partial charge in [-0.2, -0.15) is 0 Å². The number of amides is 1. The van der Waals surface area contributed by atoms with E-state index in [1.165, 1.54) is 18.4 Å². The summed E-state index contributed by atoms with van der Waals surface area (Å²) in [4.78, 5) is 12.4. The van der Waals surface area contributed by atoms with Crippen LogP contribution in [0.15, 0.2) is 22.8 Å². The van der Waals surface area contributed by atoms with E-state index in [1.54, 1.807) is 6.26 Å². The number of benzene rings is 1. The van der Waals surface area contributed by atoms with Gasteiger partial charge in [0, 0.05) is 17.0 Å². The summed E-state index contributed by atoms with van der Waals surface area (Å²) >= 11 is 0. The molecule has 1 aliphatic rings. The molecule has 5 heteroatoms. The van der Waals surface area contributed by atoms with Crippen molar-refractivity contribution in [1.29, 1.82) is 0 Å². The smallest absolute Gasteiger partial charge is 0.224 e. The van der Waals surface area contributed by atoms with Crippen LogP contribution in [0.4, 0.5) is 0 Å². The summed E-state index contributed by atoms with van der Waals surface area (Å²) in [5.74, 6) is 0.481. The van der Waals surface area contributed by atoms with Gasteiger partial charge >= 0.3 is 0 Å². The van der Waals surface area contributed by atoms with Gasteiger partial charge in [-0.25, -0.2) is 0 Å². The average molecular weight is 351 g/mol. The van der Waals surface area contributed by atoms with Crippen LogP contribution in [-0.2, 0) is 11.2 Å². The molecule has 1 heterocycles. The molecule has 0 aliphatic heterocycles. The maximum atomic E-state index is 12.4. The highest BCUT2D eigenvalue weighted by Crippen LogP contribution is 2.27. The second-order valence-corrected chi connectivity index (χ2v) is 6.78. The lowest BCUT2D eigenvalue weighted by Gasteiger charge is -2.31. The fourth-order valence-electron chi connectivity index (χ4n) is 3.64. The molecule has 1 fully saturated rings. The van der Waals surface area contributed by atoms with Gasteiger partial charge in [-0.15, -0.1) is 12.4 Å². The molecular weight excluding hydrogens is 324 g/mol. The predicted molar refractivity (Wildman–Crippen MR) is 99.6 cm³/mol. The monoisotopic (exact) mass is 350 g/mol. The summed E-state index contributed by atoms with van der Waals surface area (Å²) in [7, 11) is 0. The summed E-state index contributed by atoms with van der Waals surface area (Å²) in [6.45, 7) is 4.77. The van der Waals surface area contributed by atoms with E-state index in [0.29, 0.717) is 18.9 Å². The first-order chi connectivity index (χ1) is 11.1. The highest BCUT2D eigenvalue weighted by Gasteiger charge is 2.25. The second kappa shape index (κ2) is 8.04. The molecule has 0 bridgehead atoms. The number of rotatable bonds is 4. The van der Waals surface area contributed by atoms with E-state index in [0.717, 1.165) is 34.9 Å². The molecular formula is C19H27ClN2O2. The van der Waals surface area contributed by atoms with Crippen LogP contribution in [0.5, 0.6) is 0 Å². The van der Waals surface area contributed by atoms with Crippen LogP contribution in [0.3, 0.4) is 0 Å². The minimum atomic E-state index is 0. The molecule has 3 N–H and O–H groups in total. The van der Waals surface area contributed by atoms with Gasteiger partial charge in [-0.1, -0.05) is 25.0 Å². The fraction of sp³-hybridized carbons (Fsp3) is 0.526. The predicted octanol–water partition coefficient (Wildman–Crippen LogP) is 3.65. The van der Waals surface area contributed by atoms with Crippen molar-refractivity contribution in [3.05, 3.63) is 35.1 Å². The highest BCUT2D eigenvalue weighted by atomic mass is 35.5. The maximum absolute atomic E-state index is 12.4. The Morgan fingerprint density at radius 3 is 2.79 bits per heavy atom. The molecule has 1 amide bonds. The lowest BCUT2D eigenvalue weighted by atomic mass is 9.84. The Labute approximate surface area is 149 Å². The minimum Gasteiger partial charge on any atom is -0.464 e. The van der Waals surface area contributed by atoms with Crippen molar-refractivity contribution >= 4 is 29.3 Å². The van der Waals surface area contributed by atoms with E-state index in [-0.39, 0.29) is 24.4 Å². The lowest BCUT2D eigenvalue weighted by Crippen LogP contribution is -2.45. The van der Waals surface area contributed by atoms with Crippen molar-refractivity contribution in [2.24, 2.45) is 11.7 Å². The van der Waals surface area contributed by atoms with Gasteiger partial charge < -0.3 is 15.5 Å². The van der Waals surface area contributed by atoms with Gasteiger partial charge in [0.15, 0.2) is 0 Å². The molecule has 0 spiro atoms. The summed E-state index contributed by atoms with van der Waals surface area (Å²) in [5.41, 5.74) is 10.0. The van der Waals surface area contributed by atoms with Gasteiger partial charge in [0.1, 0.15) is 5.58 Å². The third-order valence-corrected chi connectivity index (χ3v) is 5.25. The van der Waals surface area contributed by atoms with Crippen LogP contribution < -0.4 is 11.1 Å². The molecule has 0 radical (unpaired) electrons. The number of hydrogen-bond donors (Lipinski definition) is 2. The standard InChI is InChI=1S/C19H26N2O2.ClH/c1-12-7-8-16-15(11-23-19(16)13(12)2)9-18(22)21-17-6-4-3-5-14(17)10-20;/h7-8,11,14,17H,3-6,9-10,20H2,1-2H3,(H,21,22);1H. The summed E-state index contributed by atoms with van der Waals surface area (Å²) in [6.07, 6.45) is 6.64. The van der Waals surface area contributed by atoms with Crippen LogP contribution in [0, 0.1) is 19.8 Å². The molecule has 2 atom stereocenters. The Bertz CT molecular complexity index is 711. The van der Waals surface area contributed by atoms with E-state index in [1.807, 2.05) is 6.07 Å². The molecule has 1 aliphatic carbocycles. The van der Waals surface area contributed by atoms with Crippen molar-refractivity contribution in [3.63, 3.8) is 0 Å². The number of carbonyl (C=O) groups excluding carboxylic acids is 1. The topological polar surface area (TPSA) is 68.3 Å². The first kappa shape index (κ1) is 18.8. The zero-order chi connectivity index (χ0) is 16.4. The normalized spacial score (nSPS) is 20.6. The Morgan fingerprint density at radius 1 is 1.29 bits per heavy atom. The van der Waals surface area contributed by atoms with Crippen molar-refractivity contribution in [1.82, 2.24) is 5.32 Å². The number of hydrogen-bond acceptors (Lipinski definition) is 3. The van der Waals surface area contributed by atoms with Gasteiger partial charge in [0.25, 0.3) is 0 Å². The third kappa shape index (κ3) is 3.76. The molecule has 1 aromatic carbocycles. The third-order valence-electron chi connectivity index (χ3n) is 5.25. The number of furan rings is 1. The van der Waals surface area contributed by atoms with E-state index in [2.05, 4.69) is 25.2 Å². The fourth-order valence-corrected chi connectivity index (χ4v) is 3.64. The first-order valence-electron chi connectivity index (χ1n) is 8.56. The van der Waals surface area contributed by atoms with E-state index >= 15 is 0 Å². The molecule has 132 valence electrons. The van der Waals surface area contributed by atoms with Crippen molar-refractivity contribution in [3.8, 4) is 0 Å². The van der Waals surface area contributed by atoms with E-state index < -0.39 is 0 Å². The van der Waals surface area contributed by atoms with Gasteiger partial charge in [0.2, 0.25) is 5.91 Å². The van der Waals surface area contributed by atoms with Crippen LogP contribution in [0.1, 0.15) is 42.4 Å². The largest absolute Gasteiger partial charge is 0.464 e. The molecule has 0 saturated heterocycles. The molecule has 1 aromatic heterocycles. The summed E-state index contributed by atoms with van der Waals surface area (Å²) < 4.78 is 5.69.